The van der Waals surface area contributed by atoms with Gasteiger partial charge in [-0.25, -0.2) is 4.79 Å². The van der Waals surface area contributed by atoms with Gasteiger partial charge < -0.3 is 4.74 Å². The molecule has 3 heteroatoms. The number of hydrogen-bond acceptors (Lipinski definition) is 3. The Bertz CT molecular complexity index is 670. The second-order valence-corrected chi connectivity index (χ2v) is 5.07. The molecule has 0 aliphatic rings. The van der Waals surface area contributed by atoms with Gasteiger partial charge in [-0.15, -0.1) is 0 Å². The van der Waals surface area contributed by atoms with Crippen molar-refractivity contribution in [2.75, 3.05) is 6.61 Å². The molecule has 0 N–H and O–H groups in total. The Morgan fingerprint density at radius 3 is 2.26 bits per heavy atom. The molecule has 0 radical (unpaired) electrons. The number of hydrogen-bond donors (Lipinski definition) is 0. The van der Waals surface area contributed by atoms with Crippen molar-refractivity contribution in [3.05, 3.63) is 77.4 Å². The van der Waals surface area contributed by atoms with Gasteiger partial charge in [-0.2, -0.15) is 0 Å². The van der Waals surface area contributed by atoms with Gasteiger partial charge in [-0.3, -0.25) is 4.79 Å². The minimum atomic E-state index is -0.364. The van der Waals surface area contributed by atoms with Gasteiger partial charge in [0, 0.05) is 12.0 Å². The summed E-state index contributed by atoms with van der Waals surface area (Å²) in [6, 6.07) is 16.6. The Labute approximate surface area is 136 Å². The third kappa shape index (κ3) is 5.22. The monoisotopic (exact) mass is 308 g/mol. The number of Topliss-reactive ketones (excluding diaryl/α,β-unsaturated/α-hetero) is 1. The van der Waals surface area contributed by atoms with E-state index in [2.05, 4.69) is 0 Å². The van der Waals surface area contributed by atoms with Crippen LogP contribution in [0.3, 0.4) is 0 Å². The molecule has 0 unspecified atom stereocenters. The molecule has 0 aliphatic carbocycles. The number of ether oxygens (including phenoxy) is 1. The zero-order valence-corrected chi connectivity index (χ0v) is 13.2. The lowest BCUT2D eigenvalue weighted by molar-refractivity contribution is 0.0526. The van der Waals surface area contributed by atoms with E-state index < -0.39 is 0 Å². The largest absolute Gasteiger partial charge is 0.462 e. The SMILES string of the molecule is CCOC(=O)c1ccc(C(=O)CC/C=C\c2ccccc2)cc1. The standard InChI is InChI=1S/C20H20O3/c1-2-23-20(22)18-14-12-17(13-15-18)19(21)11-7-6-10-16-8-4-3-5-9-16/h3-6,8-10,12-15H,2,7,11H2,1H3/b10-6-. The fourth-order valence-electron chi connectivity index (χ4n) is 2.15. The maximum Gasteiger partial charge on any atom is 0.338 e. The molecule has 3 nitrogen and oxygen atoms in total. The highest BCUT2D eigenvalue weighted by atomic mass is 16.5. The van der Waals surface area contributed by atoms with Gasteiger partial charge in [0.05, 0.1) is 12.2 Å². The molecule has 0 heterocycles. The molecule has 0 aliphatic heterocycles. The minimum Gasteiger partial charge on any atom is -0.462 e. The Balaban J connectivity index is 1.86. The Morgan fingerprint density at radius 1 is 0.957 bits per heavy atom. The van der Waals surface area contributed by atoms with Crippen LogP contribution in [-0.2, 0) is 4.74 Å². The molecule has 23 heavy (non-hydrogen) atoms. The van der Waals surface area contributed by atoms with Crippen LogP contribution in [0.25, 0.3) is 6.08 Å². The molecule has 0 aromatic heterocycles. The number of carbonyl (C=O) groups excluding carboxylic acids is 2. The van der Waals surface area contributed by atoms with Crippen LogP contribution in [0, 0.1) is 0 Å². The van der Waals surface area contributed by atoms with Crippen LogP contribution < -0.4 is 0 Å². The van der Waals surface area contributed by atoms with E-state index in [4.69, 9.17) is 4.74 Å². The zero-order chi connectivity index (χ0) is 16.5. The summed E-state index contributed by atoms with van der Waals surface area (Å²) >= 11 is 0. The Hall–Kier alpha value is -2.68. The molecule has 0 saturated heterocycles. The summed E-state index contributed by atoms with van der Waals surface area (Å²) in [5, 5.41) is 0. The summed E-state index contributed by atoms with van der Waals surface area (Å²) in [4.78, 5) is 23.7. The van der Waals surface area contributed by atoms with Crippen molar-refractivity contribution >= 4 is 17.8 Å². The summed E-state index contributed by atoms with van der Waals surface area (Å²) in [6.07, 6.45) is 5.15. The summed E-state index contributed by atoms with van der Waals surface area (Å²) in [6.45, 7) is 2.10. The number of benzene rings is 2. The molecule has 118 valence electrons. The second kappa shape index (κ2) is 8.69. The summed E-state index contributed by atoms with van der Waals surface area (Å²) in [5.74, 6) is -0.296. The van der Waals surface area contributed by atoms with Gasteiger partial charge >= 0.3 is 5.97 Å². The molecule has 0 fully saturated rings. The first kappa shape index (κ1) is 16.7. The summed E-state index contributed by atoms with van der Waals surface area (Å²) in [5.41, 5.74) is 2.21. The van der Waals surface area contributed by atoms with E-state index in [-0.39, 0.29) is 11.8 Å². The zero-order valence-electron chi connectivity index (χ0n) is 13.2. The Kier molecular flexibility index (Phi) is 6.30. The number of esters is 1. The Morgan fingerprint density at radius 2 is 1.61 bits per heavy atom. The highest BCUT2D eigenvalue weighted by Crippen LogP contribution is 2.10. The summed E-state index contributed by atoms with van der Waals surface area (Å²) < 4.78 is 4.92. The lowest BCUT2D eigenvalue weighted by Crippen LogP contribution is -2.05. The topological polar surface area (TPSA) is 43.4 Å². The molecule has 0 atom stereocenters. The molecular weight excluding hydrogens is 288 g/mol. The quantitative estimate of drug-likeness (QED) is 0.557. The van der Waals surface area contributed by atoms with Crippen LogP contribution >= 0.6 is 0 Å². The molecule has 0 bridgehead atoms. The van der Waals surface area contributed by atoms with E-state index >= 15 is 0 Å². The van der Waals surface area contributed by atoms with Crippen LogP contribution in [-0.4, -0.2) is 18.4 Å². The van der Waals surface area contributed by atoms with Crippen LogP contribution in [0.15, 0.2) is 60.7 Å². The van der Waals surface area contributed by atoms with E-state index in [0.29, 0.717) is 30.6 Å². The van der Waals surface area contributed by atoms with Crippen molar-refractivity contribution in [3.8, 4) is 0 Å². The van der Waals surface area contributed by atoms with Crippen molar-refractivity contribution in [2.24, 2.45) is 0 Å². The van der Waals surface area contributed by atoms with E-state index in [1.54, 1.807) is 31.2 Å². The van der Waals surface area contributed by atoms with Crippen LogP contribution in [0.4, 0.5) is 0 Å². The van der Waals surface area contributed by atoms with Gasteiger partial charge in [0.1, 0.15) is 0 Å². The third-order valence-electron chi connectivity index (χ3n) is 3.37. The van der Waals surface area contributed by atoms with Crippen LogP contribution in [0.1, 0.15) is 46.0 Å². The van der Waals surface area contributed by atoms with E-state index in [1.165, 1.54) is 0 Å². The average Bonchev–Trinajstić information content (AvgIpc) is 2.60. The number of carbonyl (C=O) groups is 2. The first-order chi connectivity index (χ1) is 11.2. The van der Waals surface area contributed by atoms with Crippen molar-refractivity contribution in [1.82, 2.24) is 0 Å². The van der Waals surface area contributed by atoms with Crippen LogP contribution in [0.2, 0.25) is 0 Å². The maximum absolute atomic E-state index is 12.1. The fraction of sp³-hybridized carbons (Fsp3) is 0.200. The highest BCUT2D eigenvalue weighted by Gasteiger charge is 2.08. The van der Waals surface area contributed by atoms with Crippen molar-refractivity contribution in [1.29, 1.82) is 0 Å². The van der Waals surface area contributed by atoms with E-state index in [0.717, 1.165) is 5.56 Å². The normalized spacial score (nSPS) is 10.7. The molecule has 2 aromatic carbocycles. The van der Waals surface area contributed by atoms with Crippen molar-refractivity contribution in [2.45, 2.75) is 19.8 Å². The predicted octanol–water partition coefficient (Wildman–Crippen LogP) is 4.54. The smallest absolute Gasteiger partial charge is 0.338 e. The number of ketones is 1. The lowest BCUT2D eigenvalue weighted by atomic mass is 10.0. The average molecular weight is 308 g/mol. The van der Waals surface area contributed by atoms with Gasteiger partial charge in [0.2, 0.25) is 0 Å². The lowest BCUT2D eigenvalue weighted by Gasteiger charge is -2.03. The van der Waals surface area contributed by atoms with E-state index in [1.807, 2.05) is 42.5 Å². The van der Waals surface area contributed by atoms with E-state index in [9.17, 15) is 9.59 Å². The third-order valence-corrected chi connectivity index (χ3v) is 3.37. The molecule has 2 aromatic rings. The molecule has 0 amide bonds. The fourth-order valence-corrected chi connectivity index (χ4v) is 2.15. The van der Waals surface area contributed by atoms with Gasteiger partial charge in [-0.1, -0.05) is 54.6 Å². The first-order valence-electron chi connectivity index (χ1n) is 7.72. The van der Waals surface area contributed by atoms with Gasteiger partial charge in [0.25, 0.3) is 0 Å². The van der Waals surface area contributed by atoms with Crippen LogP contribution in [0.5, 0.6) is 0 Å². The predicted molar refractivity (Wildman–Crippen MR) is 91.4 cm³/mol. The maximum atomic E-state index is 12.1. The number of allylic oxidation sites excluding steroid dienone is 1. The van der Waals surface area contributed by atoms with Crippen molar-refractivity contribution < 1.29 is 14.3 Å². The van der Waals surface area contributed by atoms with Gasteiger partial charge in [-0.05, 0) is 31.0 Å². The summed E-state index contributed by atoms with van der Waals surface area (Å²) in [7, 11) is 0. The van der Waals surface area contributed by atoms with Crippen molar-refractivity contribution in [3.63, 3.8) is 0 Å². The number of rotatable bonds is 7. The molecule has 0 spiro atoms. The molecular formula is C20H20O3. The first-order valence-corrected chi connectivity index (χ1v) is 7.72. The minimum absolute atomic E-state index is 0.0677. The second-order valence-electron chi connectivity index (χ2n) is 5.07. The molecule has 2 rings (SSSR count). The molecule has 0 saturated carbocycles. The highest BCUT2D eigenvalue weighted by molar-refractivity contribution is 5.97. The van der Waals surface area contributed by atoms with Gasteiger partial charge in [0.15, 0.2) is 5.78 Å².